The summed E-state index contributed by atoms with van der Waals surface area (Å²) in [4.78, 5) is 2.25. The molecule has 0 fully saturated rings. The average molecular weight is 288 g/mol. The second kappa shape index (κ2) is 7.41. The highest BCUT2D eigenvalue weighted by atomic mass is 16.5. The maximum absolute atomic E-state index is 6.00. The Morgan fingerprint density at radius 3 is 2.76 bits per heavy atom. The first kappa shape index (κ1) is 15.8. The summed E-state index contributed by atoms with van der Waals surface area (Å²) in [5, 5.41) is 0. The number of methoxy groups -OCH3 is 1. The smallest absolute Gasteiger partial charge is 0.105 e. The van der Waals surface area contributed by atoms with E-state index in [2.05, 4.69) is 36.2 Å². The zero-order chi connectivity index (χ0) is 15.2. The van der Waals surface area contributed by atoms with Gasteiger partial charge in [0.15, 0.2) is 0 Å². The van der Waals surface area contributed by atoms with Crippen LogP contribution in [0, 0.1) is 6.92 Å². The molecule has 0 bridgehead atoms. The summed E-state index contributed by atoms with van der Waals surface area (Å²) in [5.74, 6) is 0.964. The van der Waals surface area contributed by atoms with Crippen molar-refractivity contribution in [2.75, 3.05) is 20.7 Å². The molecular formula is C17H24N2O2. The Hall–Kier alpha value is -1.62. The van der Waals surface area contributed by atoms with Gasteiger partial charge < -0.3 is 14.9 Å². The van der Waals surface area contributed by atoms with Crippen LogP contribution in [0.2, 0.25) is 0 Å². The molecule has 2 rings (SSSR count). The van der Waals surface area contributed by atoms with Gasteiger partial charge in [0.1, 0.15) is 5.76 Å². The second-order valence-corrected chi connectivity index (χ2v) is 5.35. The Labute approximate surface area is 126 Å². The van der Waals surface area contributed by atoms with Crippen LogP contribution < -0.4 is 5.73 Å². The van der Waals surface area contributed by atoms with E-state index in [-0.39, 0.29) is 6.04 Å². The van der Waals surface area contributed by atoms with E-state index in [9.17, 15) is 0 Å². The number of benzene rings is 1. The monoisotopic (exact) mass is 288 g/mol. The van der Waals surface area contributed by atoms with Crippen molar-refractivity contribution in [1.29, 1.82) is 0 Å². The van der Waals surface area contributed by atoms with Crippen LogP contribution in [-0.2, 0) is 17.9 Å². The minimum absolute atomic E-state index is 0.177. The number of ether oxygens (including phenoxy) is 1. The molecule has 0 aliphatic heterocycles. The van der Waals surface area contributed by atoms with Crippen LogP contribution in [0.25, 0.3) is 0 Å². The lowest BCUT2D eigenvalue weighted by atomic mass is 10.0. The molecule has 2 N–H and O–H groups in total. The van der Waals surface area contributed by atoms with Gasteiger partial charge in [0.05, 0.1) is 12.9 Å². The lowest BCUT2D eigenvalue weighted by Gasteiger charge is -2.27. The molecule has 0 aliphatic rings. The summed E-state index contributed by atoms with van der Waals surface area (Å²) in [7, 11) is 3.80. The van der Waals surface area contributed by atoms with Crippen LogP contribution in [0.1, 0.15) is 28.5 Å². The van der Waals surface area contributed by atoms with E-state index in [0.717, 1.165) is 12.3 Å². The second-order valence-electron chi connectivity index (χ2n) is 5.35. The molecule has 114 valence electrons. The summed E-state index contributed by atoms with van der Waals surface area (Å²) < 4.78 is 10.6. The van der Waals surface area contributed by atoms with E-state index in [1.54, 1.807) is 13.4 Å². The third-order valence-corrected chi connectivity index (χ3v) is 3.79. The van der Waals surface area contributed by atoms with Gasteiger partial charge in [0.2, 0.25) is 0 Å². The highest BCUT2D eigenvalue weighted by Crippen LogP contribution is 2.23. The van der Waals surface area contributed by atoms with E-state index >= 15 is 0 Å². The van der Waals surface area contributed by atoms with Crippen LogP contribution in [0.5, 0.6) is 0 Å². The quantitative estimate of drug-likeness (QED) is 0.851. The maximum atomic E-state index is 6.00. The van der Waals surface area contributed by atoms with Crippen molar-refractivity contribution < 1.29 is 9.15 Å². The maximum Gasteiger partial charge on any atom is 0.105 e. The van der Waals surface area contributed by atoms with Crippen LogP contribution >= 0.6 is 0 Å². The van der Waals surface area contributed by atoms with Gasteiger partial charge in [-0.25, -0.2) is 0 Å². The largest absolute Gasteiger partial charge is 0.469 e. The molecule has 0 amide bonds. The van der Waals surface area contributed by atoms with Crippen molar-refractivity contribution in [1.82, 2.24) is 4.90 Å². The Kier molecular flexibility index (Phi) is 5.56. The highest BCUT2D eigenvalue weighted by molar-refractivity contribution is 5.26. The van der Waals surface area contributed by atoms with E-state index in [4.69, 9.17) is 14.9 Å². The van der Waals surface area contributed by atoms with Crippen LogP contribution in [-0.4, -0.2) is 25.6 Å². The number of hydrogen-bond acceptors (Lipinski definition) is 4. The van der Waals surface area contributed by atoms with Gasteiger partial charge in [0, 0.05) is 31.8 Å². The predicted molar refractivity (Wildman–Crippen MR) is 83.9 cm³/mol. The van der Waals surface area contributed by atoms with Gasteiger partial charge in [-0.05, 0) is 31.2 Å². The van der Waals surface area contributed by atoms with Crippen LogP contribution in [0.15, 0.2) is 41.0 Å². The first-order chi connectivity index (χ1) is 10.2. The SMILES string of the molecule is COCc1cccc(C(CN)N(C)Cc2ccoc2C)c1. The zero-order valence-electron chi connectivity index (χ0n) is 13.0. The summed E-state index contributed by atoms with van der Waals surface area (Å²) in [6, 6.07) is 10.6. The molecule has 21 heavy (non-hydrogen) atoms. The molecule has 4 nitrogen and oxygen atoms in total. The van der Waals surface area contributed by atoms with Crippen molar-refractivity contribution in [2.45, 2.75) is 26.1 Å². The number of aryl methyl sites for hydroxylation is 1. The first-order valence-electron chi connectivity index (χ1n) is 7.16. The Balaban J connectivity index is 2.14. The predicted octanol–water partition coefficient (Wildman–Crippen LogP) is 2.87. The van der Waals surface area contributed by atoms with Gasteiger partial charge >= 0.3 is 0 Å². The standard InChI is InChI=1S/C17H24N2O2/c1-13-16(7-8-21-13)11-19(2)17(10-18)15-6-4-5-14(9-15)12-20-3/h4-9,17H,10-12,18H2,1-3H3. The molecule has 4 heteroatoms. The Morgan fingerprint density at radius 2 is 2.14 bits per heavy atom. The normalized spacial score (nSPS) is 12.8. The number of hydrogen-bond donors (Lipinski definition) is 1. The van der Waals surface area contributed by atoms with Crippen LogP contribution in [0.4, 0.5) is 0 Å². The summed E-state index contributed by atoms with van der Waals surface area (Å²) in [5.41, 5.74) is 9.58. The van der Waals surface area contributed by atoms with Gasteiger partial charge in [-0.3, -0.25) is 4.90 Å². The molecule has 0 spiro atoms. The van der Waals surface area contributed by atoms with Gasteiger partial charge in [0.25, 0.3) is 0 Å². The van der Waals surface area contributed by atoms with Gasteiger partial charge in [-0.15, -0.1) is 0 Å². The molecule has 1 aromatic heterocycles. The fourth-order valence-corrected chi connectivity index (χ4v) is 2.58. The highest BCUT2D eigenvalue weighted by Gasteiger charge is 2.17. The zero-order valence-corrected chi connectivity index (χ0v) is 13.0. The lowest BCUT2D eigenvalue weighted by Crippen LogP contribution is -2.30. The molecule has 0 radical (unpaired) electrons. The molecule has 0 saturated carbocycles. The van der Waals surface area contributed by atoms with Crippen molar-refractivity contribution in [3.63, 3.8) is 0 Å². The molecule has 1 unspecified atom stereocenters. The van der Waals surface area contributed by atoms with E-state index in [1.807, 2.05) is 13.0 Å². The molecular weight excluding hydrogens is 264 g/mol. The number of likely N-dealkylation sites (N-methyl/N-ethyl adjacent to an activating group) is 1. The number of furan rings is 1. The average Bonchev–Trinajstić information content (AvgIpc) is 2.86. The molecule has 0 saturated heterocycles. The third kappa shape index (κ3) is 3.94. The number of rotatable bonds is 7. The minimum Gasteiger partial charge on any atom is -0.469 e. The molecule has 2 aromatic rings. The Morgan fingerprint density at radius 1 is 1.33 bits per heavy atom. The molecule has 1 atom stereocenters. The van der Waals surface area contributed by atoms with Crippen molar-refractivity contribution in [2.24, 2.45) is 5.73 Å². The van der Waals surface area contributed by atoms with E-state index in [1.165, 1.54) is 16.7 Å². The number of nitrogens with two attached hydrogens (primary N) is 1. The molecule has 1 heterocycles. The summed E-state index contributed by atoms with van der Waals surface area (Å²) in [6.45, 7) is 4.00. The van der Waals surface area contributed by atoms with E-state index < -0.39 is 0 Å². The third-order valence-electron chi connectivity index (χ3n) is 3.79. The fraction of sp³-hybridized carbons (Fsp3) is 0.412. The molecule has 0 aliphatic carbocycles. The summed E-state index contributed by atoms with van der Waals surface area (Å²) in [6.07, 6.45) is 1.73. The lowest BCUT2D eigenvalue weighted by molar-refractivity contribution is 0.184. The van der Waals surface area contributed by atoms with Gasteiger partial charge in [-0.1, -0.05) is 24.3 Å². The van der Waals surface area contributed by atoms with Crippen molar-refractivity contribution in [3.05, 3.63) is 59.0 Å². The van der Waals surface area contributed by atoms with E-state index in [0.29, 0.717) is 13.2 Å². The Bertz CT molecular complexity index is 565. The van der Waals surface area contributed by atoms with Crippen molar-refractivity contribution >= 4 is 0 Å². The minimum atomic E-state index is 0.177. The fourth-order valence-electron chi connectivity index (χ4n) is 2.58. The first-order valence-corrected chi connectivity index (χ1v) is 7.16. The summed E-state index contributed by atoms with van der Waals surface area (Å²) >= 11 is 0. The topological polar surface area (TPSA) is 51.6 Å². The van der Waals surface area contributed by atoms with Gasteiger partial charge in [-0.2, -0.15) is 0 Å². The van der Waals surface area contributed by atoms with Crippen molar-refractivity contribution in [3.8, 4) is 0 Å². The van der Waals surface area contributed by atoms with Crippen LogP contribution in [0.3, 0.4) is 0 Å². The molecule has 1 aromatic carbocycles. The number of nitrogens with zero attached hydrogens (tertiary/aromatic N) is 1.